The van der Waals surface area contributed by atoms with E-state index in [0.29, 0.717) is 16.7 Å². The topological polar surface area (TPSA) is 30.5 Å². The molecule has 1 N–H and O–H groups in total. The van der Waals surface area contributed by atoms with Gasteiger partial charge in [-0.15, -0.1) is 12.4 Å². The van der Waals surface area contributed by atoms with Crippen molar-refractivity contribution in [2.45, 2.75) is 19.6 Å². The lowest BCUT2D eigenvalue weighted by Crippen LogP contribution is -2.16. The third kappa shape index (κ3) is 7.45. The van der Waals surface area contributed by atoms with Crippen molar-refractivity contribution < 1.29 is 9.47 Å². The highest BCUT2D eigenvalue weighted by molar-refractivity contribution is 6.35. The first kappa shape index (κ1) is 23.4. The molecular formula is C23H24Cl3NO2. The Morgan fingerprint density at radius 3 is 2.14 bits per heavy atom. The fourth-order valence-electron chi connectivity index (χ4n) is 2.76. The average molecular weight is 453 g/mol. The number of rotatable bonds is 9. The molecule has 0 aliphatic heterocycles. The van der Waals surface area contributed by atoms with Gasteiger partial charge in [0.15, 0.2) is 0 Å². The number of halogens is 3. The van der Waals surface area contributed by atoms with E-state index in [1.54, 1.807) is 13.2 Å². The predicted octanol–water partition coefficient (Wildman–Crippen LogP) is 6.34. The molecule has 0 unspecified atom stereocenters. The molecule has 0 spiro atoms. The van der Waals surface area contributed by atoms with E-state index in [9.17, 15) is 0 Å². The maximum atomic E-state index is 6.17. The molecule has 0 fully saturated rings. The van der Waals surface area contributed by atoms with Crippen LogP contribution in [0.4, 0.5) is 0 Å². The molecule has 0 radical (unpaired) electrons. The molecule has 3 aromatic carbocycles. The van der Waals surface area contributed by atoms with Gasteiger partial charge in [-0.25, -0.2) is 0 Å². The summed E-state index contributed by atoms with van der Waals surface area (Å²) < 4.78 is 11.0. The molecule has 29 heavy (non-hydrogen) atoms. The molecule has 154 valence electrons. The molecule has 0 saturated heterocycles. The number of nitrogens with one attached hydrogen (secondary N) is 1. The van der Waals surface area contributed by atoms with Gasteiger partial charge in [0, 0.05) is 22.2 Å². The summed E-state index contributed by atoms with van der Waals surface area (Å²) in [6.07, 6.45) is 0.979. The molecule has 0 aliphatic carbocycles. The van der Waals surface area contributed by atoms with Gasteiger partial charge >= 0.3 is 0 Å². The summed E-state index contributed by atoms with van der Waals surface area (Å²) in [6.45, 7) is 2.15. The van der Waals surface area contributed by atoms with Crippen molar-refractivity contribution in [1.82, 2.24) is 5.32 Å². The van der Waals surface area contributed by atoms with Gasteiger partial charge in [-0.1, -0.05) is 53.5 Å². The lowest BCUT2D eigenvalue weighted by molar-refractivity contribution is 0.306. The molecule has 0 aliphatic rings. The van der Waals surface area contributed by atoms with Crippen LogP contribution in [0, 0.1) is 0 Å². The van der Waals surface area contributed by atoms with Crippen LogP contribution in [0.25, 0.3) is 0 Å². The van der Waals surface area contributed by atoms with Crippen LogP contribution in [0.5, 0.6) is 11.5 Å². The maximum Gasteiger partial charge on any atom is 0.119 e. The van der Waals surface area contributed by atoms with E-state index in [1.165, 1.54) is 11.1 Å². The van der Waals surface area contributed by atoms with Crippen LogP contribution in [-0.4, -0.2) is 13.7 Å². The first-order valence-corrected chi connectivity index (χ1v) is 9.89. The average Bonchev–Trinajstić information content (AvgIpc) is 2.72. The van der Waals surface area contributed by atoms with Crippen LogP contribution in [0.15, 0.2) is 66.7 Å². The molecule has 3 rings (SSSR count). The zero-order chi connectivity index (χ0) is 19.8. The molecular weight excluding hydrogens is 429 g/mol. The number of methoxy groups -OCH3 is 1. The quantitative estimate of drug-likeness (QED) is 0.384. The van der Waals surface area contributed by atoms with Crippen LogP contribution in [0.3, 0.4) is 0 Å². The Morgan fingerprint density at radius 1 is 0.828 bits per heavy atom. The third-order valence-corrected chi connectivity index (χ3v) is 5.00. The molecule has 3 nitrogen and oxygen atoms in total. The Bertz CT molecular complexity index is 884. The van der Waals surface area contributed by atoms with Crippen LogP contribution in [0.1, 0.15) is 16.7 Å². The summed E-state index contributed by atoms with van der Waals surface area (Å²) in [5.41, 5.74) is 3.42. The van der Waals surface area contributed by atoms with Gasteiger partial charge in [-0.05, 0) is 60.5 Å². The van der Waals surface area contributed by atoms with E-state index < -0.39 is 0 Å². The number of hydrogen-bond acceptors (Lipinski definition) is 3. The highest BCUT2D eigenvalue weighted by Gasteiger charge is 2.03. The van der Waals surface area contributed by atoms with Gasteiger partial charge in [0.25, 0.3) is 0 Å². The fraction of sp³-hybridized carbons (Fsp3) is 0.217. The zero-order valence-corrected chi connectivity index (χ0v) is 18.5. The first-order valence-electron chi connectivity index (χ1n) is 9.13. The minimum absolute atomic E-state index is 0. The lowest BCUT2D eigenvalue weighted by Gasteiger charge is -2.10. The van der Waals surface area contributed by atoms with Gasteiger partial charge in [-0.3, -0.25) is 0 Å². The fourth-order valence-corrected chi connectivity index (χ4v) is 3.22. The Labute approximate surface area is 188 Å². The smallest absolute Gasteiger partial charge is 0.119 e. The van der Waals surface area contributed by atoms with E-state index >= 15 is 0 Å². The highest BCUT2D eigenvalue weighted by Crippen LogP contribution is 2.23. The van der Waals surface area contributed by atoms with Gasteiger partial charge in [0.2, 0.25) is 0 Å². The van der Waals surface area contributed by atoms with Crippen LogP contribution in [0.2, 0.25) is 10.0 Å². The van der Waals surface area contributed by atoms with Crippen LogP contribution < -0.4 is 14.8 Å². The second-order valence-electron chi connectivity index (χ2n) is 6.44. The molecule has 6 heteroatoms. The minimum Gasteiger partial charge on any atom is -0.497 e. The van der Waals surface area contributed by atoms with E-state index in [0.717, 1.165) is 36.6 Å². The summed E-state index contributed by atoms with van der Waals surface area (Å²) in [6, 6.07) is 21.7. The summed E-state index contributed by atoms with van der Waals surface area (Å²) in [5, 5.41) is 4.71. The Kier molecular flexibility index (Phi) is 9.62. The second-order valence-corrected chi connectivity index (χ2v) is 7.29. The van der Waals surface area contributed by atoms with Crippen molar-refractivity contribution >= 4 is 35.6 Å². The SMILES string of the molecule is COc1ccc(CCNCc2ccc(OCc3ccc(Cl)cc3Cl)cc2)cc1.Cl. The molecule has 0 bridgehead atoms. The van der Waals surface area contributed by atoms with E-state index in [2.05, 4.69) is 29.6 Å². The molecule has 0 saturated carbocycles. The third-order valence-electron chi connectivity index (χ3n) is 4.41. The van der Waals surface area contributed by atoms with Crippen LogP contribution >= 0.6 is 35.6 Å². The summed E-state index contributed by atoms with van der Waals surface area (Å²) >= 11 is 12.1. The van der Waals surface area contributed by atoms with Gasteiger partial charge < -0.3 is 14.8 Å². The van der Waals surface area contributed by atoms with Crippen molar-refractivity contribution in [3.63, 3.8) is 0 Å². The number of hydrogen-bond donors (Lipinski definition) is 1. The highest BCUT2D eigenvalue weighted by atomic mass is 35.5. The molecule has 0 amide bonds. The van der Waals surface area contributed by atoms with Crippen molar-refractivity contribution in [2.24, 2.45) is 0 Å². The molecule has 0 aromatic heterocycles. The largest absolute Gasteiger partial charge is 0.497 e. The van der Waals surface area contributed by atoms with Crippen molar-refractivity contribution in [3.8, 4) is 11.5 Å². The molecule has 0 heterocycles. The van der Waals surface area contributed by atoms with Gasteiger partial charge in [0.1, 0.15) is 18.1 Å². The van der Waals surface area contributed by atoms with E-state index in [-0.39, 0.29) is 12.4 Å². The van der Waals surface area contributed by atoms with Gasteiger partial charge in [0.05, 0.1) is 7.11 Å². The first-order chi connectivity index (χ1) is 13.6. The Hall–Kier alpha value is -1.91. The van der Waals surface area contributed by atoms with Crippen molar-refractivity contribution in [3.05, 3.63) is 93.5 Å². The van der Waals surface area contributed by atoms with Crippen molar-refractivity contribution in [2.75, 3.05) is 13.7 Å². The Morgan fingerprint density at radius 2 is 1.48 bits per heavy atom. The summed E-state index contributed by atoms with van der Waals surface area (Å²) in [5.74, 6) is 1.70. The monoisotopic (exact) mass is 451 g/mol. The summed E-state index contributed by atoms with van der Waals surface area (Å²) in [7, 11) is 1.68. The number of ether oxygens (including phenoxy) is 2. The minimum atomic E-state index is 0. The zero-order valence-electron chi connectivity index (χ0n) is 16.2. The molecule has 0 atom stereocenters. The normalized spacial score (nSPS) is 10.3. The summed E-state index contributed by atoms with van der Waals surface area (Å²) in [4.78, 5) is 0. The van der Waals surface area contributed by atoms with E-state index in [1.807, 2.05) is 36.4 Å². The van der Waals surface area contributed by atoms with E-state index in [4.69, 9.17) is 32.7 Å². The predicted molar refractivity (Wildman–Crippen MR) is 123 cm³/mol. The Balaban J connectivity index is 0.00000300. The van der Waals surface area contributed by atoms with Crippen molar-refractivity contribution in [1.29, 1.82) is 0 Å². The van der Waals surface area contributed by atoms with Gasteiger partial charge in [-0.2, -0.15) is 0 Å². The second kappa shape index (κ2) is 11.9. The number of benzene rings is 3. The van der Waals surface area contributed by atoms with Crippen LogP contribution in [-0.2, 0) is 19.6 Å². The maximum absolute atomic E-state index is 6.17. The standard InChI is InChI=1S/C23H23Cl2NO2.ClH/c1-27-21-8-2-17(3-9-21)12-13-26-15-18-4-10-22(11-5-18)28-16-19-6-7-20(24)14-23(19)25;/h2-11,14,26H,12-13,15-16H2,1H3;1H. The molecule has 3 aromatic rings. The lowest BCUT2D eigenvalue weighted by atomic mass is 10.1.